The van der Waals surface area contributed by atoms with Crippen LogP contribution in [0, 0.1) is 12.8 Å². The topological polar surface area (TPSA) is 98.6 Å². The number of hydrazine groups is 1. The van der Waals surface area contributed by atoms with Crippen LogP contribution in [0.1, 0.15) is 42.2 Å². The van der Waals surface area contributed by atoms with Crippen LogP contribution in [0.3, 0.4) is 0 Å². The standard InChI is InChI=1S/C28H35N7O2/c1-19-23(27(33-37-19)20-6-3-2-4-7-20)17-34-14-5-8-22(16-34)30-28(36)35-15-11-25-24(18-35)26(32-31-25)21-9-12-29-13-10-21/h2-4,6-7,9-10,12-13,22,24-26,31-32H,5,8,11,14-18H2,1H3,(H,30,36)/t22-,24?,25?,26?/m1/s1. The van der Waals surface area contributed by atoms with E-state index in [1.165, 1.54) is 5.56 Å². The van der Waals surface area contributed by atoms with E-state index in [0.29, 0.717) is 12.0 Å². The molecule has 9 heteroatoms. The molecule has 5 heterocycles. The highest BCUT2D eigenvalue weighted by atomic mass is 16.5. The van der Waals surface area contributed by atoms with Gasteiger partial charge >= 0.3 is 6.03 Å². The summed E-state index contributed by atoms with van der Waals surface area (Å²) in [5.74, 6) is 1.19. The number of hydrogen-bond donors (Lipinski definition) is 3. The molecule has 9 nitrogen and oxygen atoms in total. The van der Waals surface area contributed by atoms with E-state index in [4.69, 9.17) is 4.52 Å². The van der Waals surface area contributed by atoms with Crippen molar-refractivity contribution in [1.82, 2.24) is 36.1 Å². The normalized spacial score (nSPS) is 26.1. The highest BCUT2D eigenvalue weighted by Crippen LogP contribution is 2.33. The predicted octanol–water partition coefficient (Wildman–Crippen LogP) is 3.26. The maximum Gasteiger partial charge on any atom is 0.317 e. The Labute approximate surface area is 217 Å². The summed E-state index contributed by atoms with van der Waals surface area (Å²) in [7, 11) is 0. The number of pyridine rings is 1. The van der Waals surface area contributed by atoms with Gasteiger partial charge in [-0.1, -0.05) is 35.5 Å². The number of carbonyl (C=O) groups excluding carboxylic acids is 1. The first-order valence-electron chi connectivity index (χ1n) is 13.3. The van der Waals surface area contributed by atoms with Crippen LogP contribution in [0.4, 0.5) is 4.79 Å². The first-order valence-corrected chi connectivity index (χ1v) is 13.3. The lowest BCUT2D eigenvalue weighted by atomic mass is 9.85. The van der Waals surface area contributed by atoms with E-state index in [1.807, 2.05) is 42.4 Å². The summed E-state index contributed by atoms with van der Waals surface area (Å²) in [5, 5.41) is 7.69. The molecule has 3 aliphatic heterocycles. The Kier molecular flexibility index (Phi) is 6.91. The second-order valence-corrected chi connectivity index (χ2v) is 10.5. The molecule has 194 valence electrons. The molecule has 2 amide bonds. The number of likely N-dealkylation sites (tertiary alicyclic amines) is 2. The maximum atomic E-state index is 13.3. The van der Waals surface area contributed by atoms with Crippen LogP contribution in [0.25, 0.3) is 11.3 Å². The zero-order valence-corrected chi connectivity index (χ0v) is 21.3. The number of carbonyl (C=O) groups is 1. The monoisotopic (exact) mass is 501 g/mol. The van der Waals surface area contributed by atoms with Crippen LogP contribution >= 0.6 is 0 Å². The van der Waals surface area contributed by atoms with Crippen molar-refractivity contribution in [3.8, 4) is 11.3 Å². The molecule has 6 rings (SSSR count). The molecule has 0 spiro atoms. The summed E-state index contributed by atoms with van der Waals surface area (Å²) in [5.41, 5.74) is 11.2. The summed E-state index contributed by atoms with van der Waals surface area (Å²) >= 11 is 0. The van der Waals surface area contributed by atoms with Gasteiger partial charge in [-0.15, -0.1) is 0 Å². The van der Waals surface area contributed by atoms with Gasteiger partial charge < -0.3 is 14.7 Å². The SMILES string of the molecule is Cc1onc(-c2ccccc2)c1CN1CCC[C@@H](NC(=O)N2CCC3NNC(c4ccncc4)C3C2)C1. The van der Waals surface area contributed by atoms with Crippen molar-refractivity contribution in [3.63, 3.8) is 0 Å². The predicted molar refractivity (Wildman–Crippen MR) is 140 cm³/mol. The molecular formula is C28H35N7O2. The average Bonchev–Trinajstić information content (AvgIpc) is 3.53. The largest absolute Gasteiger partial charge is 0.361 e. The third-order valence-corrected chi connectivity index (χ3v) is 8.11. The minimum Gasteiger partial charge on any atom is -0.361 e. The summed E-state index contributed by atoms with van der Waals surface area (Å²) < 4.78 is 5.57. The lowest BCUT2D eigenvalue weighted by molar-refractivity contribution is 0.139. The van der Waals surface area contributed by atoms with E-state index in [1.54, 1.807) is 0 Å². The Bertz CT molecular complexity index is 1200. The van der Waals surface area contributed by atoms with Crippen LogP contribution in [-0.4, -0.2) is 64.2 Å². The van der Waals surface area contributed by atoms with Gasteiger partial charge in [-0.05, 0) is 50.4 Å². The van der Waals surface area contributed by atoms with E-state index < -0.39 is 0 Å². The Morgan fingerprint density at radius 2 is 1.92 bits per heavy atom. The molecule has 0 aliphatic carbocycles. The van der Waals surface area contributed by atoms with Crippen LogP contribution in [-0.2, 0) is 6.54 Å². The van der Waals surface area contributed by atoms with E-state index in [9.17, 15) is 4.79 Å². The molecule has 3 aromatic rings. The van der Waals surface area contributed by atoms with Gasteiger partial charge in [0.05, 0.1) is 6.04 Å². The number of nitrogens with one attached hydrogen (secondary N) is 3. The third kappa shape index (κ3) is 5.12. The first kappa shape index (κ1) is 24.1. The van der Waals surface area contributed by atoms with Gasteiger partial charge in [-0.25, -0.2) is 10.2 Å². The van der Waals surface area contributed by atoms with Crippen molar-refractivity contribution in [2.75, 3.05) is 26.2 Å². The first-order chi connectivity index (χ1) is 18.2. The lowest BCUT2D eigenvalue weighted by Gasteiger charge is -2.38. The van der Waals surface area contributed by atoms with E-state index in [2.05, 4.69) is 55.5 Å². The highest BCUT2D eigenvalue weighted by Gasteiger charge is 2.41. The van der Waals surface area contributed by atoms with Crippen LogP contribution in [0.2, 0.25) is 0 Å². The molecule has 3 N–H and O–H groups in total. The molecule has 3 unspecified atom stereocenters. The van der Waals surface area contributed by atoms with Gasteiger partial charge in [0.25, 0.3) is 0 Å². The molecule has 3 fully saturated rings. The van der Waals surface area contributed by atoms with Crippen LogP contribution in [0.15, 0.2) is 59.4 Å². The number of aromatic nitrogens is 2. The van der Waals surface area contributed by atoms with Gasteiger partial charge in [-0.2, -0.15) is 0 Å². The van der Waals surface area contributed by atoms with Gasteiger partial charge in [0.15, 0.2) is 0 Å². The molecule has 3 saturated heterocycles. The summed E-state index contributed by atoms with van der Waals surface area (Å²) in [6.07, 6.45) is 6.66. The van der Waals surface area contributed by atoms with Crippen molar-refractivity contribution < 1.29 is 9.32 Å². The minimum absolute atomic E-state index is 0.0526. The number of rotatable bonds is 5. The number of hydrogen-bond acceptors (Lipinski definition) is 7. The van der Waals surface area contributed by atoms with Gasteiger partial charge in [0.1, 0.15) is 11.5 Å². The van der Waals surface area contributed by atoms with E-state index in [-0.39, 0.29) is 18.1 Å². The number of fused-ring (bicyclic) bond motifs is 1. The molecule has 37 heavy (non-hydrogen) atoms. The summed E-state index contributed by atoms with van der Waals surface area (Å²) in [6.45, 7) is 6.08. The molecular weight excluding hydrogens is 466 g/mol. The quantitative estimate of drug-likeness (QED) is 0.494. The maximum absolute atomic E-state index is 13.3. The minimum atomic E-state index is 0.0526. The van der Waals surface area contributed by atoms with Crippen molar-refractivity contribution in [2.24, 2.45) is 5.92 Å². The molecule has 0 bridgehead atoms. The van der Waals surface area contributed by atoms with Crippen molar-refractivity contribution in [1.29, 1.82) is 0 Å². The number of aryl methyl sites for hydroxylation is 1. The number of nitrogens with zero attached hydrogens (tertiary/aromatic N) is 4. The fourth-order valence-corrected chi connectivity index (χ4v) is 6.10. The van der Waals surface area contributed by atoms with Gasteiger partial charge in [-0.3, -0.25) is 15.3 Å². The zero-order chi connectivity index (χ0) is 25.2. The number of urea groups is 1. The van der Waals surface area contributed by atoms with Crippen LogP contribution in [0.5, 0.6) is 0 Å². The van der Waals surface area contributed by atoms with Crippen molar-refractivity contribution in [2.45, 2.75) is 50.9 Å². The molecule has 0 saturated carbocycles. The summed E-state index contributed by atoms with van der Waals surface area (Å²) in [4.78, 5) is 21.9. The van der Waals surface area contributed by atoms with Crippen LogP contribution < -0.4 is 16.2 Å². The smallest absolute Gasteiger partial charge is 0.317 e. The Morgan fingerprint density at radius 3 is 2.76 bits per heavy atom. The molecule has 4 atom stereocenters. The molecule has 1 aromatic carbocycles. The van der Waals surface area contributed by atoms with Gasteiger partial charge in [0.2, 0.25) is 0 Å². The molecule has 2 aromatic heterocycles. The van der Waals surface area contributed by atoms with Crippen molar-refractivity contribution >= 4 is 6.03 Å². The van der Waals surface area contributed by atoms with Crippen molar-refractivity contribution in [3.05, 3.63) is 71.7 Å². The van der Waals surface area contributed by atoms with E-state index in [0.717, 1.165) is 74.6 Å². The Hall–Kier alpha value is -3.27. The fourth-order valence-electron chi connectivity index (χ4n) is 6.10. The second kappa shape index (κ2) is 10.6. The number of piperidine rings is 2. The second-order valence-electron chi connectivity index (χ2n) is 10.5. The molecule has 3 aliphatic rings. The highest BCUT2D eigenvalue weighted by molar-refractivity contribution is 5.74. The lowest BCUT2D eigenvalue weighted by Crippen LogP contribution is -2.55. The zero-order valence-electron chi connectivity index (χ0n) is 21.3. The Balaban J connectivity index is 1.07. The number of amides is 2. The fraction of sp³-hybridized carbons (Fsp3) is 0.464. The Morgan fingerprint density at radius 1 is 1.08 bits per heavy atom. The average molecular weight is 502 g/mol. The van der Waals surface area contributed by atoms with E-state index >= 15 is 0 Å². The molecule has 0 radical (unpaired) electrons. The summed E-state index contributed by atoms with van der Waals surface area (Å²) in [6, 6.07) is 15.0. The third-order valence-electron chi connectivity index (χ3n) is 8.11. The van der Waals surface area contributed by atoms with Gasteiger partial charge in [0, 0.05) is 67.7 Å². The number of benzene rings is 1.